The van der Waals surface area contributed by atoms with Gasteiger partial charge in [0.1, 0.15) is 5.16 Å². The van der Waals surface area contributed by atoms with Crippen LogP contribution in [0.1, 0.15) is 6.92 Å². The largest absolute Gasteiger partial charge is 0.466 e. The normalized spacial score (nSPS) is 11.8. The molecule has 0 spiro atoms. The fourth-order valence-electron chi connectivity index (χ4n) is 1.25. The van der Waals surface area contributed by atoms with Gasteiger partial charge in [-0.25, -0.2) is 4.79 Å². The minimum atomic E-state index is -0.423. The molecule has 1 aromatic carbocycles. The van der Waals surface area contributed by atoms with Gasteiger partial charge in [-0.15, -0.1) is 0 Å². The lowest BCUT2D eigenvalue weighted by Crippen LogP contribution is -2.17. The summed E-state index contributed by atoms with van der Waals surface area (Å²) in [6, 6.07) is 9.55. The second-order valence-corrected chi connectivity index (χ2v) is 3.66. The summed E-state index contributed by atoms with van der Waals surface area (Å²) in [5, 5.41) is 0.359. The Hall–Kier alpha value is -1.48. The van der Waals surface area contributed by atoms with Crippen LogP contribution in [0.4, 0.5) is 5.69 Å². The molecule has 0 saturated heterocycles. The Labute approximate surface area is 100 Å². The number of para-hydroxylation sites is 1. The standard InChI is InChI=1S/C12H14ClNO2/c1-9(12(15)16-3)11(13)14(2)10-7-5-4-6-8-10/h4-8H,1-3H3/b11-9-. The van der Waals surface area contributed by atoms with E-state index in [-0.39, 0.29) is 0 Å². The van der Waals surface area contributed by atoms with Gasteiger partial charge in [-0.05, 0) is 19.1 Å². The van der Waals surface area contributed by atoms with E-state index < -0.39 is 5.97 Å². The molecule has 0 radical (unpaired) electrons. The monoisotopic (exact) mass is 239 g/mol. The molecule has 4 heteroatoms. The lowest BCUT2D eigenvalue weighted by molar-refractivity contribution is -0.136. The highest BCUT2D eigenvalue weighted by molar-refractivity contribution is 6.33. The SMILES string of the molecule is COC(=O)/C(C)=C(/Cl)N(C)c1ccccc1. The molecular weight excluding hydrogens is 226 g/mol. The molecule has 0 unspecified atom stereocenters. The molecule has 0 aliphatic carbocycles. The lowest BCUT2D eigenvalue weighted by atomic mass is 10.3. The molecule has 0 aliphatic rings. The van der Waals surface area contributed by atoms with Crippen molar-refractivity contribution in [3.63, 3.8) is 0 Å². The molecule has 0 aliphatic heterocycles. The molecule has 3 nitrogen and oxygen atoms in total. The molecule has 0 aromatic heterocycles. The van der Waals surface area contributed by atoms with Crippen LogP contribution in [0, 0.1) is 0 Å². The number of methoxy groups -OCH3 is 1. The second-order valence-electron chi connectivity index (χ2n) is 3.30. The fourth-order valence-corrected chi connectivity index (χ4v) is 1.43. The predicted octanol–water partition coefficient (Wildman–Crippen LogP) is 2.77. The first-order valence-corrected chi connectivity index (χ1v) is 5.19. The van der Waals surface area contributed by atoms with E-state index in [1.165, 1.54) is 7.11 Å². The number of anilines is 1. The van der Waals surface area contributed by atoms with Gasteiger partial charge in [0.25, 0.3) is 0 Å². The number of esters is 1. The van der Waals surface area contributed by atoms with Crippen molar-refractivity contribution in [2.75, 3.05) is 19.1 Å². The Bertz CT molecular complexity index is 401. The van der Waals surface area contributed by atoms with E-state index in [0.717, 1.165) is 5.69 Å². The van der Waals surface area contributed by atoms with Crippen molar-refractivity contribution in [2.24, 2.45) is 0 Å². The molecular formula is C12H14ClNO2. The first-order valence-electron chi connectivity index (χ1n) is 4.81. The van der Waals surface area contributed by atoms with Crippen molar-refractivity contribution < 1.29 is 9.53 Å². The van der Waals surface area contributed by atoms with Crippen LogP contribution in [0.5, 0.6) is 0 Å². The molecule has 0 fully saturated rings. The summed E-state index contributed by atoms with van der Waals surface area (Å²) in [6.07, 6.45) is 0. The number of nitrogens with zero attached hydrogens (tertiary/aromatic N) is 1. The quantitative estimate of drug-likeness (QED) is 0.462. The smallest absolute Gasteiger partial charge is 0.336 e. The molecule has 1 rings (SSSR count). The van der Waals surface area contributed by atoms with Crippen molar-refractivity contribution in [2.45, 2.75) is 6.92 Å². The molecule has 0 saturated carbocycles. The number of carbonyl (C=O) groups excluding carboxylic acids is 1. The number of hydrogen-bond acceptors (Lipinski definition) is 3. The minimum absolute atomic E-state index is 0.359. The number of benzene rings is 1. The number of halogens is 1. The van der Waals surface area contributed by atoms with Gasteiger partial charge in [-0.3, -0.25) is 0 Å². The minimum Gasteiger partial charge on any atom is -0.466 e. The summed E-state index contributed by atoms with van der Waals surface area (Å²) in [6.45, 7) is 1.63. The van der Waals surface area contributed by atoms with Gasteiger partial charge >= 0.3 is 5.97 Å². The fraction of sp³-hybridized carbons (Fsp3) is 0.250. The summed E-state index contributed by atoms with van der Waals surface area (Å²) < 4.78 is 4.61. The van der Waals surface area contributed by atoms with Gasteiger partial charge in [0.05, 0.1) is 12.7 Å². The van der Waals surface area contributed by atoms with E-state index >= 15 is 0 Å². The van der Waals surface area contributed by atoms with E-state index in [1.54, 1.807) is 18.9 Å². The average molecular weight is 240 g/mol. The Morgan fingerprint density at radius 3 is 2.38 bits per heavy atom. The molecule has 86 valence electrons. The van der Waals surface area contributed by atoms with E-state index in [2.05, 4.69) is 4.74 Å². The zero-order chi connectivity index (χ0) is 12.1. The van der Waals surface area contributed by atoms with Crippen LogP contribution < -0.4 is 4.90 Å². The molecule has 0 atom stereocenters. The zero-order valence-electron chi connectivity index (χ0n) is 9.53. The third kappa shape index (κ3) is 2.76. The number of hydrogen-bond donors (Lipinski definition) is 0. The van der Waals surface area contributed by atoms with Crippen LogP contribution in [0.25, 0.3) is 0 Å². The van der Waals surface area contributed by atoms with Crippen molar-refractivity contribution >= 4 is 23.3 Å². The highest BCUT2D eigenvalue weighted by Crippen LogP contribution is 2.22. The molecule has 0 amide bonds. The predicted molar refractivity (Wildman–Crippen MR) is 65.4 cm³/mol. The highest BCUT2D eigenvalue weighted by atomic mass is 35.5. The third-order valence-electron chi connectivity index (χ3n) is 2.24. The maximum atomic E-state index is 11.3. The molecule has 0 heterocycles. The van der Waals surface area contributed by atoms with Gasteiger partial charge in [-0.2, -0.15) is 0 Å². The molecule has 1 aromatic rings. The molecule has 0 N–H and O–H groups in total. The van der Waals surface area contributed by atoms with E-state index in [4.69, 9.17) is 11.6 Å². The summed E-state index contributed by atoms with van der Waals surface area (Å²) >= 11 is 6.09. The van der Waals surface area contributed by atoms with Crippen molar-refractivity contribution in [1.29, 1.82) is 0 Å². The molecule has 0 bridgehead atoms. The van der Waals surface area contributed by atoms with Gasteiger partial charge in [-0.1, -0.05) is 29.8 Å². The van der Waals surface area contributed by atoms with E-state index in [0.29, 0.717) is 10.7 Å². The van der Waals surface area contributed by atoms with Gasteiger partial charge in [0, 0.05) is 12.7 Å². The maximum absolute atomic E-state index is 11.3. The number of carbonyl (C=O) groups is 1. The Morgan fingerprint density at radius 2 is 1.88 bits per heavy atom. The Kier molecular flexibility index (Phi) is 4.38. The van der Waals surface area contributed by atoms with E-state index in [9.17, 15) is 4.79 Å². The Balaban J connectivity index is 2.98. The summed E-state index contributed by atoms with van der Waals surface area (Å²) in [5.41, 5.74) is 1.30. The second kappa shape index (κ2) is 5.56. The van der Waals surface area contributed by atoms with Crippen LogP contribution in [0.3, 0.4) is 0 Å². The van der Waals surface area contributed by atoms with Gasteiger partial charge < -0.3 is 9.64 Å². The van der Waals surface area contributed by atoms with Crippen LogP contribution in [-0.4, -0.2) is 20.1 Å². The number of rotatable bonds is 3. The zero-order valence-corrected chi connectivity index (χ0v) is 10.3. The van der Waals surface area contributed by atoms with Crippen LogP contribution in [-0.2, 0) is 9.53 Å². The van der Waals surface area contributed by atoms with Crippen molar-refractivity contribution in [1.82, 2.24) is 0 Å². The topological polar surface area (TPSA) is 29.5 Å². The van der Waals surface area contributed by atoms with E-state index in [1.807, 2.05) is 30.3 Å². The first-order chi connectivity index (χ1) is 7.57. The maximum Gasteiger partial charge on any atom is 0.336 e. The van der Waals surface area contributed by atoms with Crippen LogP contribution >= 0.6 is 11.6 Å². The molecule has 16 heavy (non-hydrogen) atoms. The van der Waals surface area contributed by atoms with Gasteiger partial charge in [0.2, 0.25) is 0 Å². The number of ether oxygens (including phenoxy) is 1. The Morgan fingerprint density at radius 1 is 1.31 bits per heavy atom. The average Bonchev–Trinajstić information content (AvgIpc) is 2.36. The van der Waals surface area contributed by atoms with Gasteiger partial charge in [0.15, 0.2) is 0 Å². The highest BCUT2D eigenvalue weighted by Gasteiger charge is 2.13. The van der Waals surface area contributed by atoms with Crippen LogP contribution in [0.15, 0.2) is 41.1 Å². The lowest BCUT2D eigenvalue weighted by Gasteiger charge is -2.19. The summed E-state index contributed by atoms with van der Waals surface area (Å²) in [7, 11) is 3.13. The van der Waals surface area contributed by atoms with Crippen molar-refractivity contribution in [3.05, 3.63) is 41.1 Å². The summed E-state index contributed by atoms with van der Waals surface area (Å²) in [5.74, 6) is -0.423. The van der Waals surface area contributed by atoms with Crippen molar-refractivity contribution in [3.8, 4) is 0 Å². The van der Waals surface area contributed by atoms with Crippen LogP contribution in [0.2, 0.25) is 0 Å². The first kappa shape index (κ1) is 12.6. The third-order valence-corrected chi connectivity index (χ3v) is 2.78. The summed E-state index contributed by atoms with van der Waals surface area (Å²) in [4.78, 5) is 13.0.